The zero-order valence-electron chi connectivity index (χ0n) is 10.0. The Kier molecular flexibility index (Phi) is 6.32. The number of carboxylic acid groups (broad SMARTS) is 1. The molecule has 6 heteroatoms. The first kappa shape index (κ1) is 15.1. The van der Waals surface area contributed by atoms with Gasteiger partial charge in [0.1, 0.15) is 0 Å². The Hall–Kier alpha value is -0.910. The van der Waals surface area contributed by atoms with E-state index in [2.05, 4.69) is 0 Å². The van der Waals surface area contributed by atoms with Crippen molar-refractivity contribution in [2.24, 2.45) is 0 Å². The highest BCUT2D eigenvalue weighted by atomic mass is 35.5. The first-order chi connectivity index (χ1) is 8.56. The van der Waals surface area contributed by atoms with E-state index in [1.807, 2.05) is 6.92 Å². The number of aromatic carboxylic acids is 1. The van der Waals surface area contributed by atoms with E-state index in [-0.39, 0.29) is 10.6 Å². The molecule has 0 aliphatic rings. The van der Waals surface area contributed by atoms with Crippen LogP contribution in [-0.2, 0) is 15.5 Å². The highest BCUT2D eigenvalue weighted by Gasteiger charge is 2.12. The fourth-order valence-electron chi connectivity index (χ4n) is 1.31. The molecule has 0 amide bonds. The van der Waals surface area contributed by atoms with Crippen LogP contribution in [0.2, 0.25) is 5.02 Å². The van der Waals surface area contributed by atoms with Crippen molar-refractivity contribution in [2.45, 2.75) is 18.2 Å². The van der Waals surface area contributed by atoms with Gasteiger partial charge in [-0.2, -0.15) is 0 Å². The quantitative estimate of drug-likeness (QED) is 0.784. The standard InChI is InChI=1S/C12H15ClO4S/c1-2-5-17-6-7-18(16)9-3-4-11(13)10(8-9)12(14)15/h3-4,8H,2,5-7H2,1H3,(H,14,15). The van der Waals surface area contributed by atoms with Crippen molar-refractivity contribution in [1.29, 1.82) is 0 Å². The van der Waals surface area contributed by atoms with E-state index >= 15 is 0 Å². The average Bonchev–Trinajstić information content (AvgIpc) is 2.34. The summed E-state index contributed by atoms with van der Waals surface area (Å²) in [5.41, 5.74) is -0.0306. The van der Waals surface area contributed by atoms with Crippen molar-refractivity contribution < 1.29 is 18.8 Å². The predicted molar refractivity (Wildman–Crippen MR) is 70.8 cm³/mol. The molecule has 1 atom stereocenters. The number of carboxylic acids is 1. The Bertz CT molecular complexity index is 448. The van der Waals surface area contributed by atoms with Crippen LogP contribution in [0, 0.1) is 0 Å². The summed E-state index contributed by atoms with van der Waals surface area (Å²) in [6.07, 6.45) is 0.913. The maximum Gasteiger partial charge on any atom is 0.337 e. The van der Waals surface area contributed by atoms with Crippen LogP contribution in [0.5, 0.6) is 0 Å². The third-order valence-corrected chi connectivity index (χ3v) is 3.84. The Balaban J connectivity index is 2.68. The average molecular weight is 291 g/mol. The van der Waals surface area contributed by atoms with Crippen molar-refractivity contribution in [3.05, 3.63) is 28.8 Å². The summed E-state index contributed by atoms with van der Waals surface area (Å²) in [5.74, 6) is -0.776. The molecule has 0 fully saturated rings. The molecule has 1 N–H and O–H groups in total. The topological polar surface area (TPSA) is 63.6 Å². The van der Waals surface area contributed by atoms with E-state index < -0.39 is 16.8 Å². The molecule has 0 saturated heterocycles. The summed E-state index contributed by atoms with van der Waals surface area (Å²) in [6, 6.07) is 4.37. The number of carbonyl (C=O) groups is 1. The highest BCUT2D eigenvalue weighted by molar-refractivity contribution is 7.85. The third kappa shape index (κ3) is 4.40. The lowest BCUT2D eigenvalue weighted by Gasteiger charge is -2.05. The molecule has 4 nitrogen and oxygen atoms in total. The second kappa shape index (κ2) is 7.51. The Morgan fingerprint density at radius 2 is 2.17 bits per heavy atom. The van der Waals surface area contributed by atoms with Crippen LogP contribution < -0.4 is 0 Å². The summed E-state index contributed by atoms with van der Waals surface area (Å²) in [7, 11) is -1.27. The van der Waals surface area contributed by atoms with Crippen molar-refractivity contribution in [2.75, 3.05) is 19.0 Å². The molecule has 0 aliphatic heterocycles. The maximum absolute atomic E-state index is 11.9. The summed E-state index contributed by atoms with van der Waals surface area (Å²) in [6.45, 7) is 3.03. The van der Waals surface area contributed by atoms with Crippen LogP contribution in [0.4, 0.5) is 0 Å². The summed E-state index contributed by atoms with van der Waals surface area (Å²) >= 11 is 5.74. The smallest absolute Gasteiger partial charge is 0.337 e. The Labute approximate surface area is 113 Å². The molecule has 1 unspecified atom stereocenters. The minimum Gasteiger partial charge on any atom is -0.478 e. The van der Waals surface area contributed by atoms with E-state index in [9.17, 15) is 9.00 Å². The summed E-state index contributed by atoms with van der Waals surface area (Å²) in [5, 5.41) is 9.05. The number of ether oxygens (including phenoxy) is 1. The van der Waals surface area contributed by atoms with Gasteiger partial charge in [0, 0.05) is 11.5 Å². The molecule has 0 saturated carbocycles. The SMILES string of the molecule is CCCOCCS(=O)c1ccc(Cl)c(C(=O)O)c1. The van der Waals surface area contributed by atoms with Crippen LogP contribution in [0.15, 0.2) is 23.1 Å². The number of benzene rings is 1. The zero-order valence-corrected chi connectivity index (χ0v) is 11.6. The normalized spacial score (nSPS) is 12.3. The molecule has 0 radical (unpaired) electrons. The van der Waals surface area contributed by atoms with Crippen molar-refractivity contribution in [3.63, 3.8) is 0 Å². The molecule has 0 bridgehead atoms. The monoisotopic (exact) mass is 290 g/mol. The first-order valence-electron chi connectivity index (χ1n) is 5.55. The Morgan fingerprint density at radius 3 is 2.78 bits per heavy atom. The molecule has 1 aromatic rings. The second-order valence-corrected chi connectivity index (χ2v) is 5.59. The molecule has 0 aliphatic carbocycles. The van der Waals surface area contributed by atoms with Gasteiger partial charge >= 0.3 is 5.97 Å². The number of halogens is 1. The molecule has 18 heavy (non-hydrogen) atoms. The Morgan fingerprint density at radius 1 is 1.44 bits per heavy atom. The van der Waals surface area contributed by atoms with Gasteiger partial charge in [-0.3, -0.25) is 4.21 Å². The number of hydrogen-bond donors (Lipinski definition) is 1. The van der Waals surface area contributed by atoms with Gasteiger partial charge in [-0.05, 0) is 24.6 Å². The lowest BCUT2D eigenvalue weighted by atomic mass is 10.2. The van der Waals surface area contributed by atoms with Crippen LogP contribution >= 0.6 is 11.6 Å². The molecule has 100 valence electrons. The fraction of sp³-hybridized carbons (Fsp3) is 0.417. The fourth-order valence-corrected chi connectivity index (χ4v) is 2.48. The van der Waals surface area contributed by atoms with E-state index in [0.29, 0.717) is 23.9 Å². The van der Waals surface area contributed by atoms with Crippen LogP contribution in [0.3, 0.4) is 0 Å². The number of rotatable bonds is 7. The van der Waals surface area contributed by atoms with Gasteiger partial charge in [-0.25, -0.2) is 4.79 Å². The van der Waals surface area contributed by atoms with Crippen LogP contribution in [0.25, 0.3) is 0 Å². The minimum atomic E-state index is -1.27. The highest BCUT2D eigenvalue weighted by Crippen LogP contribution is 2.19. The van der Waals surface area contributed by atoms with Gasteiger partial charge < -0.3 is 9.84 Å². The summed E-state index contributed by atoms with van der Waals surface area (Å²) < 4.78 is 17.1. The van der Waals surface area contributed by atoms with E-state index in [4.69, 9.17) is 21.4 Å². The van der Waals surface area contributed by atoms with Crippen molar-refractivity contribution in [3.8, 4) is 0 Å². The summed E-state index contributed by atoms with van der Waals surface area (Å²) in [4.78, 5) is 11.3. The van der Waals surface area contributed by atoms with Crippen LogP contribution in [0.1, 0.15) is 23.7 Å². The third-order valence-electron chi connectivity index (χ3n) is 2.19. The first-order valence-corrected chi connectivity index (χ1v) is 7.25. The van der Waals surface area contributed by atoms with Gasteiger partial charge in [0.05, 0.1) is 33.7 Å². The molecule has 1 aromatic carbocycles. The van der Waals surface area contributed by atoms with E-state index in [1.165, 1.54) is 12.1 Å². The second-order valence-electron chi connectivity index (χ2n) is 3.61. The van der Waals surface area contributed by atoms with Crippen LogP contribution in [-0.4, -0.2) is 34.3 Å². The molecule has 0 spiro atoms. The maximum atomic E-state index is 11.9. The van der Waals surface area contributed by atoms with Gasteiger partial charge in [0.2, 0.25) is 0 Å². The molecular formula is C12H15ClO4S. The zero-order chi connectivity index (χ0) is 13.5. The van der Waals surface area contributed by atoms with Crippen molar-refractivity contribution >= 4 is 28.4 Å². The van der Waals surface area contributed by atoms with Gasteiger partial charge in [0.15, 0.2) is 0 Å². The number of hydrogen-bond acceptors (Lipinski definition) is 3. The van der Waals surface area contributed by atoms with Gasteiger partial charge in [-0.1, -0.05) is 18.5 Å². The van der Waals surface area contributed by atoms with Crippen molar-refractivity contribution in [1.82, 2.24) is 0 Å². The minimum absolute atomic E-state index is 0.0306. The molecule has 0 aromatic heterocycles. The molecule has 0 heterocycles. The lowest BCUT2D eigenvalue weighted by molar-refractivity contribution is 0.0697. The molecule has 1 rings (SSSR count). The predicted octanol–water partition coefficient (Wildman–Crippen LogP) is 2.57. The largest absolute Gasteiger partial charge is 0.478 e. The van der Waals surface area contributed by atoms with Gasteiger partial charge in [0.25, 0.3) is 0 Å². The van der Waals surface area contributed by atoms with E-state index in [1.54, 1.807) is 6.07 Å². The van der Waals surface area contributed by atoms with Gasteiger partial charge in [-0.15, -0.1) is 0 Å². The molecular weight excluding hydrogens is 276 g/mol. The lowest BCUT2D eigenvalue weighted by Crippen LogP contribution is -2.08. The van der Waals surface area contributed by atoms with E-state index in [0.717, 1.165) is 6.42 Å².